The average Bonchev–Trinajstić information content (AvgIpc) is 3.71. The van der Waals surface area contributed by atoms with E-state index in [0.717, 1.165) is 12.8 Å². The molecule has 5 amide bonds. The highest BCUT2D eigenvalue weighted by Gasteiger charge is 2.48. The van der Waals surface area contributed by atoms with Crippen LogP contribution >= 0.6 is 0 Å². The van der Waals surface area contributed by atoms with Gasteiger partial charge in [0.1, 0.15) is 12.1 Å². The number of nitrogens with one attached hydrogen (secondary N) is 3. The second-order valence-corrected chi connectivity index (χ2v) is 14.3. The van der Waals surface area contributed by atoms with Crippen molar-refractivity contribution in [1.29, 1.82) is 0 Å². The summed E-state index contributed by atoms with van der Waals surface area (Å²) in [5.74, 6) is -3.14. The summed E-state index contributed by atoms with van der Waals surface area (Å²) in [6.07, 6.45) is 4.05. The van der Waals surface area contributed by atoms with Crippen molar-refractivity contribution in [2.24, 2.45) is 34.8 Å². The fourth-order valence-corrected chi connectivity index (χ4v) is 6.51. The molecule has 1 unspecified atom stereocenters. The molecule has 11 heteroatoms. The van der Waals surface area contributed by atoms with Crippen molar-refractivity contribution in [2.75, 3.05) is 6.54 Å². The summed E-state index contributed by atoms with van der Waals surface area (Å²) in [6.45, 7) is 13.7. The number of hydrogen-bond donors (Lipinski definition) is 4. The highest BCUT2D eigenvalue weighted by molar-refractivity contribution is 6.37. The maximum atomic E-state index is 14.3. The van der Waals surface area contributed by atoms with Gasteiger partial charge in [-0.15, -0.1) is 0 Å². The number of nitrogens with zero attached hydrogens (tertiary/aromatic N) is 1. The van der Waals surface area contributed by atoms with Crippen molar-refractivity contribution in [3.63, 3.8) is 0 Å². The smallest absolute Gasteiger partial charge is 0.316 e. The van der Waals surface area contributed by atoms with Gasteiger partial charge in [0.05, 0.1) is 12.1 Å². The zero-order valence-corrected chi connectivity index (χ0v) is 28.4. The number of carbonyl (C=O) groups is 6. The molecule has 1 saturated carbocycles. The van der Waals surface area contributed by atoms with Crippen LogP contribution in [0.25, 0.3) is 0 Å². The molecule has 0 radical (unpaired) electrons. The summed E-state index contributed by atoms with van der Waals surface area (Å²) >= 11 is 0. The molecule has 1 aromatic carbocycles. The van der Waals surface area contributed by atoms with Crippen molar-refractivity contribution in [1.82, 2.24) is 20.9 Å². The Morgan fingerprint density at radius 1 is 0.913 bits per heavy atom. The van der Waals surface area contributed by atoms with Crippen molar-refractivity contribution >= 4 is 35.3 Å². The zero-order valence-electron chi connectivity index (χ0n) is 28.4. The average molecular weight is 640 g/mol. The Balaban J connectivity index is 1.86. The van der Waals surface area contributed by atoms with Crippen LogP contribution in [0.1, 0.15) is 97.3 Å². The van der Waals surface area contributed by atoms with Crippen LogP contribution in [0.4, 0.5) is 4.79 Å². The molecular weight excluding hydrogens is 586 g/mol. The van der Waals surface area contributed by atoms with Crippen LogP contribution in [0.3, 0.4) is 0 Å². The van der Waals surface area contributed by atoms with Gasteiger partial charge in [-0.2, -0.15) is 0 Å². The number of hydrogen-bond acceptors (Lipinski definition) is 6. The lowest BCUT2D eigenvalue weighted by atomic mass is 9.84. The third-order valence-corrected chi connectivity index (χ3v) is 9.53. The van der Waals surface area contributed by atoms with E-state index in [0.29, 0.717) is 31.2 Å². The predicted octanol–water partition coefficient (Wildman–Crippen LogP) is 3.60. The first-order chi connectivity index (χ1) is 21.6. The zero-order chi connectivity index (χ0) is 34.3. The molecule has 5 atom stereocenters. The number of primary amides is 1. The maximum absolute atomic E-state index is 14.3. The van der Waals surface area contributed by atoms with Crippen LogP contribution in [0.2, 0.25) is 0 Å². The van der Waals surface area contributed by atoms with E-state index >= 15 is 0 Å². The van der Waals surface area contributed by atoms with Gasteiger partial charge in [-0.25, -0.2) is 4.79 Å². The molecule has 1 saturated heterocycles. The Morgan fingerprint density at radius 3 is 2.02 bits per heavy atom. The number of urea groups is 1. The van der Waals surface area contributed by atoms with Crippen LogP contribution in [0.15, 0.2) is 30.3 Å². The van der Waals surface area contributed by atoms with E-state index in [2.05, 4.69) is 16.0 Å². The quantitative estimate of drug-likeness (QED) is 0.169. The molecule has 11 nitrogen and oxygen atoms in total. The lowest BCUT2D eigenvalue weighted by molar-refractivity contribution is -0.144. The standard InChI is InChI=1S/C35H53N5O6/c1-8-22(9-2)26(28(41)23-13-11-10-12-14-23)38-34(46)39-30(35(5,6)7)33(45)40-18-17-24(20(3)4)27(40)32(44)37-25(19-21-15-16-21)29(42)31(36)43/h10-14,20-22,24-27,30H,8-9,15-19H2,1-7H3,(H2,36,43)(H,37,44)(H2,38,39,46)/t24-,25?,26+,27+,30-/m1/s1. The van der Waals surface area contributed by atoms with Gasteiger partial charge in [-0.05, 0) is 41.9 Å². The van der Waals surface area contributed by atoms with Gasteiger partial charge >= 0.3 is 6.03 Å². The molecule has 3 rings (SSSR count). The van der Waals surface area contributed by atoms with Crippen molar-refractivity contribution in [3.05, 3.63) is 35.9 Å². The minimum atomic E-state index is -1.11. The number of ketones is 2. The number of carbonyl (C=O) groups excluding carboxylic acids is 6. The number of Topliss-reactive ketones (excluding diaryl/α,β-unsaturated/α-hetero) is 2. The molecule has 1 aliphatic heterocycles. The first-order valence-corrected chi connectivity index (χ1v) is 16.7. The Kier molecular flexibility index (Phi) is 12.5. The summed E-state index contributed by atoms with van der Waals surface area (Å²) in [5.41, 5.74) is 5.03. The van der Waals surface area contributed by atoms with E-state index in [1.807, 2.05) is 54.5 Å². The molecule has 0 spiro atoms. The number of rotatable bonds is 15. The van der Waals surface area contributed by atoms with Crippen LogP contribution in [-0.4, -0.2) is 70.9 Å². The molecular formula is C35H53N5O6. The molecule has 0 aromatic heterocycles. The van der Waals surface area contributed by atoms with E-state index in [1.54, 1.807) is 24.3 Å². The van der Waals surface area contributed by atoms with E-state index < -0.39 is 59.1 Å². The van der Waals surface area contributed by atoms with Gasteiger partial charge in [-0.3, -0.25) is 24.0 Å². The minimum Gasteiger partial charge on any atom is -0.363 e. The summed E-state index contributed by atoms with van der Waals surface area (Å²) in [4.78, 5) is 81.1. The second kappa shape index (κ2) is 15.7. The highest BCUT2D eigenvalue weighted by atomic mass is 16.2. The fourth-order valence-electron chi connectivity index (χ4n) is 6.51. The van der Waals surface area contributed by atoms with Gasteiger partial charge in [0.15, 0.2) is 5.78 Å². The Hall–Kier alpha value is -3.76. The monoisotopic (exact) mass is 639 g/mol. The topological polar surface area (TPSA) is 168 Å². The second-order valence-electron chi connectivity index (χ2n) is 14.3. The third kappa shape index (κ3) is 9.16. The van der Waals surface area contributed by atoms with E-state index in [1.165, 1.54) is 4.90 Å². The molecule has 254 valence electrons. The predicted molar refractivity (Wildman–Crippen MR) is 175 cm³/mol. The van der Waals surface area contributed by atoms with Crippen molar-refractivity contribution in [2.45, 2.75) is 111 Å². The van der Waals surface area contributed by atoms with Gasteiger partial charge in [0.2, 0.25) is 17.6 Å². The molecule has 1 heterocycles. The Labute approximate surface area is 273 Å². The molecule has 0 bridgehead atoms. The Bertz CT molecular complexity index is 1270. The summed E-state index contributed by atoms with van der Waals surface area (Å²) in [5, 5.41) is 8.47. The first kappa shape index (κ1) is 36.7. The highest BCUT2D eigenvalue weighted by Crippen LogP contribution is 2.35. The van der Waals surface area contributed by atoms with Crippen molar-refractivity contribution < 1.29 is 28.8 Å². The maximum Gasteiger partial charge on any atom is 0.316 e. The molecule has 5 N–H and O–H groups in total. The third-order valence-electron chi connectivity index (χ3n) is 9.53. The van der Waals surface area contributed by atoms with Gasteiger partial charge in [0.25, 0.3) is 5.91 Å². The largest absolute Gasteiger partial charge is 0.363 e. The molecule has 46 heavy (non-hydrogen) atoms. The fraction of sp³-hybridized carbons (Fsp3) is 0.657. The minimum absolute atomic E-state index is 0.0383. The SMILES string of the molecule is CCC(CC)[C@H](NC(=O)N[C@H](C(=O)N1CC[C@H](C(C)C)[C@H]1C(=O)NC(CC1CC1)C(=O)C(N)=O)C(C)(C)C)C(=O)c1ccccc1. The molecule has 2 fully saturated rings. The van der Waals surface area contributed by atoms with Crippen LogP contribution in [0.5, 0.6) is 0 Å². The van der Waals surface area contributed by atoms with Gasteiger partial charge in [0, 0.05) is 12.1 Å². The van der Waals surface area contributed by atoms with Gasteiger partial charge in [-0.1, -0.05) is 104 Å². The van der Waals surface area contributed by atoms with Crippen LogP contribution in [0, 0.1) is 29.1 Å². The number of likely N-dealkylation sites (tertiary alicyclic amines) is 1. The summed E-state index contributed by atoms with van der Waals surface area (Å²) in [6, 6.07) is 4.38. The lowest BCUT2D eigenvalue weighted by Crippen LogP contribution is -2.62. The number of benzene rings is 1. The van der Waals surface area contributed by atoms with Crippen molar-refractivity contribution in [3.8, 4) is 0 Å². The normalized spacial score (nSPS) is 20.2. The van der Waals surface area contributed by atoms with E-state index in [4.69, 9.17) is 5.73 Å². The summed E-state index contributed by atoms with van der Waals surface area (Å²) < 4.78 is 0. The van der Waals surface area contributed by atoms with Gasteiger partial charge < -0.3 is 26.6 Å². The Morgan fingerprint density at radius 2 is 1.52 bits per heavy atom. The van der Waals surface area contributed by atoms with Crippen LogP contribution in [-0.2, 0) is 19.2 Å². The number of amides is 5. The number of nitrogens with two attached hydrogens (primary N) is 1. The first-order valence-electron chi connectivity index (χ1n) is 16.7. The summed E-state index contributed by atoms with van der Waals surface area (Å²) in [7, 11) is 0. The molecule has 2 aliphatic rings. The van der Waals surface area contributed by atoms with Crippen LogP contribution < -0.4 is 21.7 Å². The van der Waals surface area contributed by atoms with E-state index in [-0.39, 0.29) is 36.0 Å². The van der Waals surface area contributed by atoms with E-state index in [9.17, 15) is 28.8 Å². The lowest BCUT2D eigenvalue weighted by Gasteiger charge is -2.37. The molecule has 1 aromatic rings. The molecule has 1 aliphatic carbocycles.